The summed E-state index contributed by atoms with van der Waals surface area (Å²) in [5, 5.41) is 4.29. The third-order valence-corrected chi connectivity index (χ3v) is 13.6. The summed E-state index contributed by atoms with van der Waals surface area (Å²) >= 11 is 0. The number of carbonyl (C=O) groups is 2. The van der Waals surface area contributed by atoms with Crippen molar-refractivity contribution in [1.82, 2.24) is 39.7 Å². The summed E-state index contributed by atoms with van der Waals surface area (Å²) in [6, 6.07) is 21.5. The highest BCUT2D eigenvalue weighted by Crippen LogP contribution is 2.43. The Morgan fingerprint density at radius 3 is 2.21 bits per heavy atom. The molecule has 4 aromatic heterocycles. The van der Waals surface area contributed by atoms with Crippen molar-refractivity contribution in [3.8, 4) is 33.9 Å². The maximum Gasteiger partial charge on any atom is 0.246 e. The molecular weight excluding hydrogens is 835 g/mol. The van der Waals surface area contributed by atoms with E-state index in [-0.39, 0.29) is 52.1 Å². The zero-order valence-electron chi connectivity index (χ0n) is 36.5. The molecule has 0 aliphatic carbocycles. The monoisotopic (exact) mass is 878 g/mol. The van der Waals surface area contributed by atoms with Gasteiger partial charge in [-0.25, -0.2) is 28.7 Å². The number of aromatic nitrogens is 6. The number of likely N-dealkylation sites (tertiary alicyclic amines) is 1. The van der Waals surface area contributed by atoms with Gasteiger partial charge >= 0.3 is 0 Å². The lowest BCUT2D eigenvalue weighted by Crippen LogP contribution is -2.63. The minimum atomic E-state index is -0.577. The molecule has 66 heavy (non-hydrogen) atoms. The lowest BCUT2D eigenvalue weighted by molar-refractivity contribution is -0.127. The van der Waals surface area contributed by atoms with Gasteiger partial charge in [0.15, 0.2) is 17.5 Å². The number of fused-ring (bicyclic) bond motifs is 5. The largest absolute Gasteiger partial charge is 0.352 e. The van der Waals surface area contributed by atoms with E-state index in [1.54, 1.807) is 17.3 Å². The Hall–Kier alpha value is -7.74. The molecular formula is C52H44F2N10O2. The first-order valence-electron chi connectivity index (χ1n) is 22.2. The van der Waals surface area contributed by atoms with E-state index in [9.17, 15) is 9.59 Å². The quantitative estimate of drug-likeness (QED) is 0.137. The van der Waals surface area contributed by atoms with Crippen LogP contribution < -0.4 is 9.80 Å². The number of benzene rings is 4. The molecule has 0 radical (unpaired) electrons. The van der Waals surface area contributed by atoms with Crippen LogP contribution in [0, 0.1) is 18.6 Å². The van der Waals surface area contributed by atoms with Crippen LogP contribution in [0.15, 0.2) is 111 Å². The van der Waals surface area contributed by atoms with E-state index in [0.29, 0.717) is 84.8 Å². The van der Waals surface area contributed by atoms with Crippen LogP contribution in [0.2, 0.25) is 0 Å². The van der Waals surface area contributed by atoms with Crippen molar-refractivity contribution in [3.05, 3.63) is 134 Å². The number of aryl methyl sites for hydroxylation is 2. The van der Waals surface area contributed by atoms with Crippen molar-refractivity contribution < 1.29 is 18.4 Å². The number of carbonyl (C=O) groups excluding carboxylic acids is 2. The summed E-state index contributed by atoms with van der Waals surface area (Å²) < 4.78 is 34.5. The van der Waals surface area contributed by atoms with Gasteiger partial charge in [0.25, 0.3) is 0 Å². The Kier molecular flexibility index (Phi) is 9.97. The van der Waals surface area contributed by atoms with Crippen LogP contribution in [0.3, 0.4) is 0 Å². The summed E-state index contributed by atoms with van der Waals surface area (Å²) in [6.45, 7) is 14.3. The maximum absolute atomic E-state index is 17.4. The summed E-state index contributed by atoms with van der Waals surface area (Å²) in [6.07, 6.45) is 8.72. The number of pyridine rings is 2. The highest BCUT2D eigenvalue weighted by molar-refractivity contribution is 6.07. The first kappa shape index (κ1) is 41.0. The third kappa shape index (κ3) is 6.45. The van der Waals surface area contributed by atoms with Crippen LogP contribution in [0.4, 0.5) is 20.4 Å². The van der Waals surface area contributed by atoms with Gasteiger partial charge in [0.1, 0.15) is 40.4 Å². The van der Waals surface area contributed by atoms with Gasteiger partial charge in [-0.05, 0) is 59.0 Å². The molecule has 0 N–H and O–H groups in total. The maximum atomic E-state index is 17.4. The van der Waals surface area contributed by atoms with Gasteiger partial charge in [-0.2, -0.15) is 0 Å². The SMILES string of the molecule is C=CC(=O)N1CCN(c2nc(-c3ccc(CC)c4c(-c5ncc6c(N7C[C@@H]8[C@H]7CCN8C(=O)C=C)ncnc6c5F)cccc34)nc3c(F)c(-c4cccc5cc(C)ccc45)ncc23)CC1. The molecule has 3 fully saturated rings. The summed E-state index contributed by atoms with van der Waals surface area (Å²) in [5.41, 5.74) is 4.46. The van der Waals surface area contributed by atoms with E-state index in [1.165, 1.54) is 18.5 Å². The smallest absolute Gasteiger partial charge is 0.246 e. The predicted octanol–water partition coefficient (Wildman–Crippen LogP) is 8.63. The predicted molar refractivity (Wildman–Crippen MR) is 254 cm³/mol. The van der Waals surface area contributed by atoms with E-state index < -0.39 is 11.6 Å². The fourth-order valence-corrected chi connectivity index (χ4v) is 10.3. The number of nitrogens with zero attached hydrogens (tertiary/aromatic N) is 10. The number of hydrogen-bond acceptors (Lipinski definition) is 10. The lowest BCUT2D eigenvalue weighted by Gasteiger charge is -2.47. The van der Waals surface area contributed by atoms with Crippen molar-refractivity contribution >= 4 is 66.8 Å². The fourth-order valence-electron chi connectivity index (χ4n) is 10.3. The molecule has 0 spiro atoms. The highest BCUT2D eigenvalue weighted by atomic mass is 19.1. The molecule has 11 rings (SSSR count). The normalized spacial score (nSPS) is 17.2. The molecule has 2 atom stereocenters. The molecule has 328 valence electrons. The molecule has 0 unspecified atom stereocenters. The van der Waals surface area contributed by atoms with E-state index in [0.717, 1.165) is 39.1 Å². The fraction of sp³-hybridized carbons (Fsp3) is 0.231. The number of halogens is 2. The van der Waals surface area contributed by atoms with Crippen molar-refractivity contribution in [2.45, 2.75) is 38.8 Å². The van der Waals surface area contributed by atoms with E-state index >= 15 is 8.78 Å². The average Bonchev–Trinajstić information content (AvgIpc) is 3.68. The van der Waals surface area contributed by atoms with Crippen LogP contribution in [-0.2, 0) is 16.0 Å². The molecule has 4 aromatic carbocycles. The van der Waals surface area contributed by atoms with E-state index in [2.05, 4.69) is 34.1 Å². The van der Waals surface area contributed by atoms with Gasteiger partial charge in [-0.15, -0.1) is 0 Å². The average molecular weight is 879 g/mol. The Balaban J connectivity index is 1.05. The highest BCUT2D eigenvalue weighted by Gasteiger charge is 2.49. The van der Waals surface area contributed by atoms with Gasteiger partial charge in [-0.1, -0.05) is 92.4 Å². The number of piperazine rings is 1. The van der Waals surface area contributed by atoms with Gasteiger partial charge in [0.05, 0.1) is 22.9 Å². The van der Waals surface area contributed by atoms with Gasteiger partial charge in [0.2, 0.25) is 11.8 Å². The topological polar surface area (TPSA) is 124 Å². The van der Waals surface area contributed by atoms with Crippen LogP contribution in [0.1, 0.15) is 24.5 Å². The number of rotatable bonds is 8. The number of hydrogen-bond donors (Lipinski definition) is 0. The molecule has 12 nitrogen and oxygen atoms in total. The first-order chi connectivity index (χ1) is 32.2. The van der Waals surface area contributed by atoms with E-state index in [4.69, 9.17) is 19.9 Å². The zero-order chi connectivity index (χ0) is 45.4. The summed E-state index contributed by atoms with van der Waals surface area (Å²) in [5.74, 6) is -0.0236. The number of anilines is 2. The van der Waals surface area contributed by atoms with Gasteiger partial charge in [-0.3, -0.25) is 19.6 Å². The molecule has 8 aromatic rings. The molecule has 3 saturated heterocycles. The van der Waals surface area contributed by atoms with Crippen molar-refractivity contribution in [2.75, 3.05) is 49.1 Å². The Morgan fingerprint density at radius 1 is 0.712 bits per heavy atom. The zero-order valence-corrected chi connectivity index (χ0v) is 36.5. The molecule has 3 aliphatic rings. The van der Waals surface area contributed by atoms with Crippen molar-refractivity contribution in [1.29, 1.82) is 0 Å². The molecule has 7 heterocycles. The standard InChI is InChI=1S/C52H44F2N10O2/c1-5-30-15-17-35(33-11-9-13-36(43(30)33)47-44(53)48-37(25-56-47)51(58-28-57-48)64-27-40-39(64)18-19-63(40)42(66)7-3)50-59-49-38(52(60-50)62-22-20-61(21-23-62)41(65)6-2)26-55-46(45(49)54)34-12-8-10-31-24-29(4)14-16-32(31)34/h6-17,24-26,28,39-40H,2-3,5,18-23,27H2,1,4H3/t39-,40-/m1/s1. The van der Waals surface area contributed by atoms with E-state index in [1.807, 2.05) is 84.3 Å². The Labute approximate surface area is 379 Å². The van der Waals surface area contributed by atoms with Crippen molar-refractivity contribution in [3.63, 3.8) is 0 Å². The second-order valence-corrected chi connectivity index (χ2v) is 17.1. The van der Waals surface area contributed by atoms with Crippen LogP contribution in [0.25, 0.3) is 77.3 Å². The summed E-state index contributed by atoms with van der Waals surface area (Å²) in [7, 11) is 0. The Morgan fingerprint density at radius 2 is 1.44 bits per heavy atom. The van der Waals surface area contributed by atoms with Crippen molar-refractivity contribution in [2.24, 2.45) is 0 Å². The summed E-state index contributed by atoms with van der Waals surface area (Å²) in [4.78, 5) is 61.5. The van der Waals surface area contributed by atoms with Crippen LogP contribution in [-0.4, -0.2) is 103 Å². The van der Waals surface area contributed by atoms with Gasteiger partial charge < -0.3 is 19.6 Å². The molecule has 14 heteroatoms. The minimum Gasteiger partial charge on any atom is -0.352 e. The second-order valence-electron chi connectivity index (χ2n) is 17.1. The molecule has 0 bridgehead atoms. The molecule has 2 amide bonds. The minimum absolute atomic E-state index is 0.0413. The molecule has 0 saturated carbocycles. The Bertz CT molecular complexity index is 3370. The second kappa shape index (κ2) is 16.1. The lowest BCUT2D eigenvalue weighted by atomic mass is 9.92. The third-order valence-electron chi connectivity index (χ3n) is 13.6. The van der Waals surface area contributed by atoms with Crippen LogP contribution in [0.5, 0.6) is 0 Å². The molecule has 3 aliphatic heterocycles. The van der Waals surface area contributed by atoms with Crippen LogP contribution >= 0.6 is 0 Å². The number of amides is 2. The van der Waals surface area contributed by atoms with Gasteiger partial charge in [0, 0.05) is 68.4 Å². The first-order valence-corrected chi connectivity index (χ1v) is 22.2.